The van der Waals surface area contributed by atoms with Gasteiger partial charge in [-0.25, -0.2) is 0 Å². The van der Waals surface area contributed by atoms with Crippen LogP contribution in [0, 0.1) is 0 Å². The molecule has 0 rings (SSSR count). The second kappa shape index (κ2) is 48.2. The van der Waals surface area contributed by atoms with Crippen LogP contribution in [0.4, 0.5) is 0 Å². The van der Waals surface area contributed by atoms with Crippen LogP contribution in [-0.4, -0.2) is 75.5 Å². The van der Waals surface area contributed by atoms with E-state index >= 15 is 0 Å². The van der Waals surface area contributed by atoms with E-state index in [1.54, 1.807) is 21.1 Å². The van der Waals surface area contributed by atoms with Crippen LogP contribution in [0.15, 0.2) is 122 Å². The molecule has 0 saturated heterocycles. The summed E-state index contributed by atoms with van der Waals surface area (Å²) in [6, 6.07) is -0.744. The Bertz CT molecular complexity index is 1500. The summed E-state index contributed by atoms with van der Waals surface area (Å²) >= 11 is 0. The SMILES string of the molecule is CC/C=C/C/C=C/C/C=C/C/C=C/C/C=C/C/C=C/CCCCCC(=O)OCC(COCCC(C(=O)[O-])[N+](C)(C)C)OC(=O)CCCCCCC/C=C/C/C=C/C/C=C/C/C=C/CCCCC. The minimum Gasteiger partial charge on any atom is -0.544 e. The van der Waals surface area contributed by atoms with Crippen LogP contribution < -0.4 is 5.11 Å². The van der Waals surface area contributed by atoms with E-state index in [4.69, 9.17) is 14.2 Å². The summed E-state index contributed by atoms with van der Waals surface area (Å²) in [6.07, 6.45) is 68.0. The summed E-state index contributed by atoms with van der Waals surface area (Å²) in [7, 11) is 5.38. The van der Waals surface area contributed by atoms with Crippen molar-refractivity contribution in [1.29, 1.82) is 0 Å². The van der Waals surface area contributed by atoms with Crippen LogP contribution in [-0.2, 0) is 28.6 Å². The number of hydrogen-bond acceptors (Lipinski definition) is 7. The van der Waals surface area contributed by atoms with E-state index in [1.165, 1.54) is 25.7 Å². The van der Waals surface area contributed by atoms with E-state index in [0.29, 0.717) is 6.42 Å². The van der Waals surface area contributed by atoms with Crippen molar-refractivity contribution in [3.63, 3.8) is 0 Å². The standard InChI is InChI=1S/C59H95NO7/c1-6-8-10-12-14-16-18-20-22-24-26-28-30-31-33-35-37-39-41-43-45-47-49-57(61)66-54-55(53-65-52-51-56(59(63)64)60(3,4)5)67-58(62)50-48-46-44-42-40-38-36-34-32-29-27-25-23-21-19-17-15-13-11-9-7-2/h8,10,14-17,20-23,26-29,31,33-34,36-37,39,55-56H,6-7,9,11-13,18-19,24-25,30,32,35,38,40-54H2,1-5H3/b10-8+,16-14+,17-15+,22-20+,23-21+,28-26+,29-27+,33-31+,36-34+,39-37+. The highest BCUT2D eigenvalue weighted by atomic mass is 16.6. The number of carbonyl (C=O) groups is 3. The highest BCUT2D eigenvalue weighted by Crippen LogP contribution is 2.12. The largest absolute Gasteiger partial charge is 0.544 e. The molecule has 0 heterocycles. The van der Waals surface area contributed by atoms with Gasteiger partial charge in [0.15, 0.2) is 6.10 Å². The first kappa shape index (κ1) is 62.7. The topological polar surface area (TPSA) is 102 Å². The van der Waals surface area contributed by atoms with Crippen LogP contribution >= 0.6 is 0 Å². The molecule has 0 radical (unpaired) electrons. The minimum atomic E-state index is -1.14. The Kier molecular flexibility index (Phi) is 45.1. The predicted molar refractivity (Wildman–Crippen MR) is 281 cm³/mol. The lowest BCUT2D eigenvalue weighted by Crippen LogP contribution is -2.55. The number of nitrogens with zero attached hydrogens (tertiary/aromatic N) is 1. The average Bonchev–Trinajstić information content (AvgIpc) is 3.29. The number of likely N-dealkylation sites (N-methyl/N-ethyl adjacent to an activating group) is 1. The van der Waals surface area contributed by atoms with Crippen molar-refractivity contribution in [2.24, 2.45) is 0 Å². The van der Waals surface area contributed by atoms with Gasteiger partial charge in [-0.05, 0) is 109 Å². The lowest BCUT2D eigenvalue weighted by atomic mass is 10.1. The average molecular weight is 930 g/mol. The minimum absolute atomic E-state index is 0.0133. The molecule has 0 amide bonds. The molecule has 378 valence electrons. The van der Waals surface area contributed by atoms with Gasteiger partial charge in [0.05, 0.1) is 40.3 Å². The lowest BCUT2D eigenvalue weighted by Gasteiger charge is -2.34. The third-order valence-electron chi connectivity index (χ3n) is 10.8. The number of quaternary nitrogens is 1. The second-order valence-electron chi connectivity index (χ2n) is 18.0. The molecular weight excluding hydrogens is 835 g/mol. The van der Waals surface area contributed by atoms with Crippen LogP contribution in [0.5, 0.6) is 0 Å². The molecule has 0 aliphatic rings. The van der Waals surface area contributed by atoms with Crippen molar-refractivity contribution in [2.75, 3.05) is 41.0 Å². The number of carbonyl (C=O) groups excluding carboxylic acids is 3. The van der Waals surface area contributed by atoms with Gasteiger partial charge in [0.2, 0.25) is 0 Å². The van der Waals surface area contributed by atoms with Gasteiger partial charge >= 0.3 is 11.9 Å². The van der Waals surface area contributed by atoms with Crippen molar-refractivity contribution in [3.8, 4) is 0 Å². The number of carboxylic acids is 1. The maximum Gasteiger partial charge on any atom is 0.306 e. The van der Waals surface area contributed by atoms with Crippen LogP contribution in [0.1, 0.15) is 181 Å². The summed E-state index contributed by atoms with van der Waals surface area (Å²) in [5.41, 5.74) is 0. The highest BCUT2D eigenvalue weighted by Gasteiger charge is 2.25. The summed E-state index contributed by atoms with van der Waals surface area (Å²) < 4.78 is 17.2. The van der Waals surface area contributed by atoms with Crippen molar-refractivity contribution in [2.45, 2.75) is 193 Å². The Morgan fingerprint density at radius 2 is 0.836 bits per heavy atom. The van der Waals surface area contributed by atoms with Gasteiger partial charge in [-0.1, -0.05) is 174 Å². The number of carboxylic acid groups (broad SMARTS) is 1. The molecule has 0 spiro atoms. The first-order chi connectivity index (χ1) is 32.6. The van der Waals surface area contributed by atoms with Crippen molar-refractivity contribution < 1.29 is 38.2 Å². The van der Waals surface area contributed by atoms with E-state index in [-0.39, 0.29) is 49.1 Å². The summed E-state index contributed by atoms with van der Waals surface area (Å²) in [6.45, 7) is 4.45. The molecule has 2 atom stereocenters. The summed E-state index contributed by atoms with van der Waals surface area (Å²) in [5.74, 6) is -1.82. The fraction of sp³-hybridized carbons (Fsp3) is 0.610. The molecule has 8 heteroatoms. The number of rotatable bonds is 45. The number of hydrogen-bond donors (Lipinski definition) is 0. The third-order valence-corrected chi connectivity index (χ3v) is 10.8. The quantitative estimate of drug-likeness (QED) is 0.0259. The van der Waals surface area contributed by atoms with Crippen molar-refractivity contribution in [3.05, 3.63) is 122 Å². The maximum atomic E-state index is 12.8. The van der Waals surface area contributed by atoms with Gasteiger partial charge in [0, 0.05) is 19.3 Å². The molecule has 0 saturated carbocycles. The highest BCUT2D eigenvalue weighted by molar-refractivity contribution is 5.70. The van der Waals surface area contributed by atoms with Crippen LogP contribution in [0.3, 0.4) is 0 Å². The molecule has 2 unspecified atom stereocenters. The summed E-state index contributed by atoms with van der Waals surface area (Å²) in [5, 5.41) is 11.7. The monoisotopic (exact) mass is 930 g/mol. The molecule has 0 fully saturated rings. The lowest BCUT2D eigenvalue weighted by molar-refractivity contribution is -0.889. The first-order valence-corrected chi connectivity index (χ1v) is 26.1. The Balaban J connectivity index is 4.39. The van der Waals surface area contributed by atoms with Crippen molar-refractivity contribution >= 4 is 17.9 Å². The molecule has 8 nitrogen and oxygen atoms in total. The molecule has 0 aromatic heterocycles. The number of allylic oxidation sites excluding steroid dienone is 20. The zero-order valence-corrected chi connectivity index (χ0v) is 43.0. The maximum absolute atomic E-state index is 12.8. The first-order valence-electron chi connectivity index (χ1n) is 26.1. The smallest absolute Gasteiger partial charge is 0.306 e. The number of esters is 2. The van der Waals surface area contributed by atoms with Crippen LogP contribution in [0.25, 0.3) is 0 Å². The van der Waals surface area contributed by atoms with Gasteiger partial charge < -0.3 is 28.6 Å². The normalized spacial score (nSPS) is 13.9. The predicted octanol–water partition coefficient (Wildman–Crippen LogP) is 14.0. The molecule has 0 aliphatic carbocycles. The van der Waals surface area contributed by atoms with E-state index in [0.717, 1.165) is 122 Å². The molecule has 0 aromatic rings. The fourth-order valence-corrected chi connectivity index (χ4v) is 6.82. The molecule has 0 aromatic carbocycles. The van der Waals surface area contributed by atoms with Gasteiger partial charge in [-0.2, -0.15) is 0 Å². The Morgan fingerprint density at radius 1 is 0.463 bits per heavy atom. The van der Waals surface area contributed by atoms with Crippen molar-refractivity contribution in [1.82, 2.24) is 0 Å². The van der Waals surface area contributed by atoms with Gasteiger partial charge in [0.25, 0.3) is 0 Å². The molecule has 0 aliphatic heterocycles. The zero-order chi connectivity index (χ0) is 49.2. The number of unbranched alkanes of at least 4 members (excludes halogenated alkanes) is 11. The van der Waals surface area contributed by atoms with E-state index in [1.807, 2.05) is 0 Å². The molecular formula is C59H95NO7. The second-order valence-corrected chi connectivity index (χ2v) is 18.0. The molecule has 0 N–H and O–H groups in total. The van der Waals surface area contributed by atoms with Gasteiger partial charge in [-0.3, -0.25) is 9.59 Å². The zero-order valence-electron chi connectivity index (χ0n) is 43.0. The summed E-state index contributed by atoms with van der Waals surface area (Å²) in [4.78, 5) is 37.1. The van der Waals surface area contributed by atoms with Crippen LogP contribution in [0.2, 0.25) is 0 Å². The number of aliphatic carboxylic acids is 1. The van der Waals surface area contributed by atoms with E-state index in [9.17, 15) is 19.5 Å². The Labute approximate surface area is 410 Å². The van der Waals surface area contributed by atoms with Gasteiger partial charge in [0.1, 0.15) is 12.6 Å². The number of ether oxygens (including phenoxy) is 3. The molecule has 67 heavy (non-hydrogen) atoms. The Morgan fingerprint density at radius 3 is 1.25 bits per heavy atom. The third kappa shape index (κ3) is 46.6. The fourth-order valence-electron chi connectivity index (χ4n) is 6.82. The molecule has 0 bridgehead atoms. The van der Waals surface area contributed by atoms with E-state index < -0.39 is 18.1 Å². The van der Waals surface area contributed by atoms with Gasteiger partial charge in [-0.15, -0.1) is 0 Å². The Hall–Kier alpha value is -4.27. The van der Waals surface area contributed by atoms with E-state index in [2.05, 4.69) is 135 Å².